The molecular formula is C41H38N12O2. The third-order valence-corrected chi connectivity index (χ3v) is 9.08. The van der Waals surface area contributed by atoms with Crippen LogP contribution in [0.4, 0.5) is 0 Å². The Morgan fingerprint density at radius 3 is 1.45 bits per heavy atom. The van der Waals surface area contributed by atoms with Crippen molar-refractivity contribution >= 4 is 17.5 Å². The molecule has 0 aliphatic carbocycles. The van der Waals surface area contributed by atoms with Gasteiger partial charge < -0.3 is 22.1 Å². The van der Waals surface area contributed by atoms with Crippen molar-refractivity contribution in [2.24, 2.45) is 16.5 Å². The first-order valence-corrected chi connectivity index (χ1v) is 18.1. The van der Waals surface area contributed by atoms with Crippen LogP contribution in [0.1, 0.15) is 54.9 Å². The van der Waals surface area contributed by atoms with Crippen molar-refractivity contribution in [3.05, 3.63) is 142 Å². The highest BCUT2D eigenvalue weighted by Gasteiger charge is 2.21. The summed E-state index contributed by atoms with van der Waals surface area (Å²) >= 11 is 0. The average Bonchev–Trinajstić information content (AvgIpc) is 3.21. The molecule has 0 atom stereocenters. The van der Waals surface area contributed by atoms with E-state index in [0.29, 0.717) is 107 Å². The van der Waals surface area contributed by atoms with Crippen LogP contribution in [-0.2, 0) is 26.2 Å². The van der Waals surface area contributed by atoms with Crippen LogP contribution in [0.15, 0.2) is 102 Å². The zero-order chi connectivity index (χ0) is 37.7. The van der Waals surface area contributed by atoms with Gasteiger partial charge in [0.15, 0.2) is 0 Å². The van der Waals surface area contributed by atoms with Crippen molar-refractivity contribution in [2.45, 2.75) is 26.2 Å². The number of carbonyl (C=O) groups is 2. The number of aliphatic imine (C=N–C) groups is 1. The number of hydrogen-bond donors (Lipinski definition) is 4. The number of pyridine rings is 6. The Balaban J connectivity index is 1.41. The minimum atomic E-state index is -0.321. The summed E-state index contributed by atoms with van der Waals surface area (Å²) in [5.74, 6) is -0.623. The minimum Gasteiger partial charge on any atom is -0.351 e. The monoisotopic (exact) mass is 730 g/mol. The second-order valence-electron chi connectivity index (χ2n) is 13.2. The van der Waals surface area contributed by atoms with Gasteiger partial charge in [0.05, 0.1) is 74.9 Å². The van der Waals surface area contributed by atoms with Crippen molar-refractivity contribution in [3.63, 3.8) is 0 Å². The zero-order valence-electron chi connectivity index (χ0n) is 29.9. The first-order valence-electron chi connectivity index (χ1n) is 18.1. The number of carbonyl (C=O) groups excluding carboxylic acids is 2. The Labute approximate surface area is 317 Å². The lowest BCUT2D eigenvalue weighted by molar-refractivity contribution is 0.0946. The Hall–Kier alpha value is -6.61. The van der Waals surface area contributed by atoms with Crippen LogP contribution < -0.4 is 22.1 Å². The number of nitrogens with zero attached hydrogens (tertiary/aromatic N) is 8. The molecule has 0 saturated carbocycles. The minimum absolute atomic E-state index is 0.0664. The van der Waals surface area contributed by atoms with Gasteiger partial charge in [0.25, 0.3) is 11.8 Å². The fraction of sp³-hybridized carbons (Fsp3) is 0.195. The largest absolute Gasteiger partial charge is 0.351 e. The van der Waals surface area contributed by atoms with Gasteiger partial charge in [-0.15, -0.1) is 0 Å². The van der Waals surface area contributed by atoms with Crippen LogP contribution in [0.2, 0.25) is 0 Å². The number of amides is 2. The summed E-state index contributed by atoms with van der Waals surface area (Å²) in [6.45, 7) is 2.41. The zero-order valence-corrected chi connectivity index (χ0v) is 29.9. The normalized spacial score (nSPS) is 14.4. The number of nitrogens with one attached hydrogen (secondary N) is 2. The molecule has 0 fully saturated rings. The summed E-state index contributed by atoms with van der Waals surface area (Å²) in [6, 6.07) is 30.1. The van der Waals surface area contributed by atoms with Crippen molar-refractivity contribution in [1.29, 1.82) is 0 Å². The van der Waals surface area contributed by atoms with Crippen molar-refractivity contribution in [3.8, 4) is 34.2 Å². The molecule has 6 aromatic heterocycles. The number of aromatic nitrogens is 6. The molecule has 14 heteroatoms. The molecule has 0 spiro atoms. The molecule has 14 nitrogen and oxygen atoms in total. The molecule has 2 amide bonds. The molecule has 0 unspecified atom stereocenters. The lowest BCUT2D eigenvalue weighted by atomic mass is 10.1. The lowest BCUT2D eigenvalue weighted by Gasteiger charge is -2.23. The summed E-state index contributed by atoms with van der Waals surface area (Å²) < 4.78 is 0. The SMILES string of the molecule is NCCNC(=O)c1cc2nc(c1)-c1cc(C(=O)NCCN)cc(n1)CN1Cc3cccc(n3)-c3cccc(n3)C(=NC2)c2cccc(n2)-c2cccc(n2)C1. The van der Waals surface area contributed by atoms with Crippen molar-refractivity contribution in [1.82, 2.24) is 45.4 Å². The highest BCUT2D eigenvalue weighted by atomic mass is 16.2. The van der Waals surface area contributed by atoms with Gasteiger partial charge in [0, 0.05) is 56.9 Å². The van der Waals surface area contributed by atoms with Gasteiger partial charge in [-0.05, 0) is 72.8 Å². The van der Waals surface area contributed by atoms with E-state index < -0.39 is 0 Å². The van der Waals surface area contributed by atoms with Crippen LogP contribution >= 0.6 is 0 Å². The smallest absolute Gasteiger partial charge is 0.251 e. The van der Waals surface area contributed by atoms with Gasteiger partial charge >= 0.3 is 0 Å². The van der Waals surface area contributed by atoms with E-state index in [-0.39, 0.29) is 31.4 Å². The topological polar surface area (TPSA) is 203 Å². The van der Waals surface area contributed by atoms with Gasteiger partial charge in [0.2, 0.25) is 0 Å². The maximum atomic E-state index is 13.5. The second-order valence-corrected chi connectivity index (χ2v) is 13.2. The summed E-state index contributed by atoms with van der Waals surface area (Å²) in [5, 5.41) is 5.74. The molecule has 9 rings (SSSR count). The van der Waals surface area contributed by atoms with Gasteiger partial charge in [-0.2, -0.15) is 0 Å². The van der Waals surface area contributed by atoms with Crippen LogP contribution in [0.25, 0.3) is 34.2 Å². The number of nitrogens with two attached hydrogens (primary N) is 2. The van der Waals surface area contributed by atoms with Gasteiger partial charge in [-0.1, -0.05) is 24.3 Å². The predicted octanol–water partition coefficient (Wildman–Crippen LogP) is 3.30. The first kappa shape index (κ1) is 35.4. The molecule has 6 N–H and O–H groups in total. The maximum absolute atomic E-state index is 13.5. The first-order chi connectivity index (χ1) is 26.9. The highest BCUT2D eigenvalue weighted by Crippen LogP contribution is 2.26. The van der Waals surface area contributed by atoms with Gasteiger partial charge in [-0.25, -0.2) is 29.9 Å². The van der Waals surface area contributed by atoms with E-state index in [1.165, 1.54) is 0 Å². The maximum Gasteiger partial charge on any atom is 0.251 e. The van der Waals surface area contributed by atoms with E-state index in [1.807, 2.05) is 72.8 Å². The second kappa shape index (κ2) is 15.8. The van der Waals surface area contributed by atoms with Gasteiger partial charge in [0.1, 0.15) is 5.71 Å². The number of fused-ring (bicyclic) bond motifs is 1. The molecular weight excluding hydrogens is 693 g/mol. The molecule has 3 aliphatic heterocycles. The summed E-state index contributed by atoms with van der Waals surface area (Å²) in [5.41, 5.74) is 20.2. The van der Waals surface area contributed by atoms with E-state index in [4.69, 9.17) is 46.4 Å². The Kier molecular flexibility index (Phi) is 10.2. The molecule has 274 valence electrons. The predicted molar refractivity (Wildman–Crippen MR) is 207 cm³/mol. The van der Waals surface area contributed by atoms with Crippen LogP contribution in [-0.4, -0.2) is 78.5 Å². The molecule has 55 heavy (non-hydrogen) atoms. The van der Waals surface area contributed by atoms with Gasteiger partial charge in [-0.3, -0.25) is 19.5 Å². The van der Waals surface area contributed by atoms with E-state index in [1.54, 1.807) is 24.3 Å². The molecule has 3 aliphatic rings. The molecule has 0 aromatic carbocycles. The molecule has 6 aromatic rings. The standard InChI is InChI=1S/C41H38N12O2/c42-13-15-44-40(54)25-17-29-21-46-39-35-11-3-9-33(51-35)31-7-1-5-27(47-31)22-53(23-28-6-2-8-32(48-28)34-10-4-12-36(39)52-34)24-30-18-26(41(55)45-16-14-43)20-38(50-30)37(19-25)49-29/h1-12,17-20H,13-16,21-24,42-43H2,(H,44,54)(H,45,55). The lowest BCUT2D eigenvalue weighted by Crippen LogP contribution is -2.30. The average molecular weight is 731 g/mol. The highest BCUT2D eigenvalue weighted by molar-refractivity contribution is 6.11. The molecule has 14 bridgehead atoms. The Morgan fingerprint density at radius 1 is 0.509 bits per heavy atom. The molecule has 9 heterocycles. The molecule has 0 saturated heterocycles. The summed E-state index contributed by atoms with van der Waals surface area (Å²) in [7, 11) is 0. The van der Waals surface area contributed by atoms with Crippen LogP contribution in [0.5, 0.6) is 0 Å². The van der Waals surface area contributed by atoms with Crippen LogP contribution in [0.3, 0.4) is 0 Å². The van der Waals surface area contributed by atoms with Crippen molar-refractivity contribution in [2.75, 3.05) is 26.2 Å². The van der Waals surface area contributed by atoms with Crippen LogP contribution in [0, 0.1) is 0 Å². The Bertz CT molecular complexity index is 2350. The van der Waals surface area contributed by atoms with E-state index >= 15 is 0 Å². The number of rotatable bonds is 6. The van der Waals surface area contributed by atoms with E-state index in [0.717, 1.165) is 11.4 Å². The van der Waals surface area contributed by atoms with E-state index in [9.17, 15) is 9.59 Å². The van der Waals surface area contributed by atoms with E-state index in [2.05, 4.69) is 15.5 Å². The Morgan fingerprint density at radius 2 is 0.927 bits per heavy atom. The third kappa shape index (κ3) is 8.01. The quantitative estimate of drug-likeness (QED) is 0.196. The summed E-state index contributed by atoms with van der Waals surface area (Å²) in [4.78, 5) is 64.5. The molecule has 0 radical (unpaired) electrons. The fourth-order valence-electron chi connectivity index (χ4n) is 6.58. The third-order valence-electron chi connectivity index (χ3n) is 9.08. The van der Waals surface area contributed by atoms with Crippen molar-refractivity contribution < 1.29 is 9.59 Å². The summed E-state index contributed by atoms with van der Waals surface area (Å²) in [6.07, 6.45) is 0. The number of hydrogen-bond acceptors (Lipinski definition) is 12. The fourth-order valence-corrected chi connectivity index (χ4v) is 6.58.